The predicted molar refractivity (Wildman–Crippen MR) is 81.2 cm³/mol. The molecule has 2 heterocycles. The van der Waals surface area contributed by atoms with Crippen LogP contribution in [0.15, 0.2) is 36.4 Å². The Morgan fingerprint density at radius 3 is 2.50 bits per heavy atom. The topological polar surface area (TPSA) is 32.3 Å². The van der Waals surface area contributed by atoms with Crippen molar-refractivity contribution in [1.82, 2.24) is 10.2 Å². The molecule has 3 rings (SSSR count). The van der Waals surface area contributed by atoms with Crippen molar-refractivity contribution in [3.8, 4) is 0 Å². The second-order valence-corrected chi connectivity index (χ2v) is 5.96. The Morgan fingerprint density at radius 1 is 1.20 bits per heavy atom. The van der Waals surface area contributed by atoms with E-state index in [2.05, 4.69) is 5.32 Å². The number of rotatable bonds is 3. The van der Waals surface area contributed by atoms with Crippen LogP contribution in [0.1, 0.15) is 31.2 Å². The fourth-order valence-corrected chi connectivity index (χ4v) is 3.37. The van der Waals surface area contributed by atoms with Gasteiger partial charge >= 0.3 is 0 Å². The Bertz CT molecular complexity index is 485. The number of benzene rings is 1. The molecule has 0 aliphatic carbocycles. The van der Waals surface area contributed by atoms with Gasteiger partial charge in [-0.15, -0.1) is 0 Å². The summed E-state index contributed by atoms with van der Waals surface area (Å²) in [5.74, 6) is 0.111. The first-order chi connectivity index (χ1) is 9.72. The molecule has 2 saturated heterocycles. The van der Waals surface area contributed by atoms with Crippen LogP contribution in [0.5, 0.6) is 0 Å². The molecule has 0 saturated carbocycles. The molecule has 2 atom stereocenters. The van der Waals surface area contributed by atoms with Crippen LogP contribution in [0.25, 0.3) is 6.08 Å². The highest BCUT2D eigenvalue weighted by Crippen LogP contribution is 2.29. The summed E-state index contributed by atoms with van der Waals surface area (Å²) in [6.07, 6.45) is 8.32. The fraction of sp³-hybridized carbons (Fsp3) is 0.471. The van der Waals surface area contributed by atoms with E-state index in [0.29, 0.717) is 18.1 Å². The summed E-state index contributed by atoms with van der Waals surface area (Å²) in [4.78, 5) is 14.2. The Morgan fingerprint density at radius 2 is 1.85 bits per heavy atom. The zero-order valence-corrected chi connectivity index (χ0v) is 12.0. The van der Waals surface area contributed by atoms with Gasteiger partial charge in [0.2, 0.25) is 5.91 Å². The predicted octanol–water partition coefficient (Wildman–Crippen LogP) is 2.44. The minimum absolute atomic E-state index is 0.111. The molecule has 2 unspecified atom stereocenters. The number of hydrogen-bond acceptors (Lipinski definition) is 2. The zero-order chi connectivity index (χ0) is 13.9. The van der Waals surface area contributed by atoms with Gasteiger partial charge < -0.3 is 10.2 Å². The number of likely N-dealkylation sites (N-methyl/N-ethyl adjacent to an activating group) is 1. The normalized spacial score (nSPS) is 28.8. The second-order valence-electron chi connectivity index (χ2n) is 5.96. The van der Waals surface area contributed by atoms with E-state index in [1.807, 2.05) is 48.4 Å². The lowest BCUT2D eigenvalue weighted by Gasteiger charge is -2.35. The number of amides is 1. The van der Waals surface area contributed by atoms with Crippen LogP contribution in [-0.4, -0.2) is 36.0 Å². The average molecular weight is 270 g/mol. The molecule has 2 aliphatic heterocycles. The van der Waals surface area contributed by atoms with Crippen molar-refractivity contribution in [2.24, 2.45) is 0 Å². The summed E-state index contributed by atoms with van der Waals surface area (Å²) in [6, 6.07) is 11.6. The van der Waals surface area contributed by atoms with Gasteiger partial charge in [0.25, 0.3) is 0 Å². The molecule has 2 fully saturated rings. The molecule has 106 valence electrons. The molecular formula is C17H22N2O. The molecule has 1 aromatic carbocycles. The maximum atomic E-state index is 12.3. The van der Waals surface area contributed by atoms with Crippen LogP contribution in [-0.2, 0) is 4.79 Å². The Labute approximate surface area is 120 Å². The lowest BCUT2D eigenvalue weighted by molar-refractivity contribution is -0.127. The Kier molecular flexibility index (Phi) is 3.88. The van der Waals surface area contributed by atoms with E-state index in [0.717, 1.165) is 18.4 Å². The van der Waals surface area contributed by atoms with E-state index < -0.39 is 0 Å². The molecule has 0 aromatic heterocycles. The highest BCUT2D eigenvalue weighted by Gasteiger charge is 2.35. The van der Waals surface area contributed by atoms with Gasteiger partial charge in [0.15, 0.2) is 0 Å². The maximum absolute atomic E-state index is 12.3. The second kappa shape index (κ2) is 5.80. The van der Waals surface area contributed by atoms with Crippen molar-refractivity contribution in [3.05, 3.63) is 42.0 Å². The van der Waals surface area contributed by atoms with Gasteiger partial charge in [0, 0.05) is 31.2 Å². The van der Waals surface area contributed by atoms with Crippen molar-refractivity contribution in [1.29, 1.82) is 0 Å². The van der Waals surface area contributed by atoms with E-state index in [-0.39, 0.29) is 5.91 Å². The first-order valence-corrected chi connectivity index (χ1v) is 7.48. The smallest absolute Gasteiger partial charge is 0.246 e. The van der Waals surface area contributed by atoms with E-state index in [4.69, 9.17) is 0 Å². The molecular weight excluding hydrogens is 248 g/mol. The van der Waals surface area contributed by atoms with Crippen LogP contribution in [0.3, 0.4) is 0 Å². The highest BCUT2D eigenvalue weighted by molar-refractivity contribution is 5.91. The fourth-order valence-electron chi connectivity index (χ4n) is 3.37. The molecule has 2 aliphatic rings. The molecule has 20 heavy (non-hydrogen) atoms. The number of nitrogens with zero attached hydrogens (tertiary/aromatic N) is 1. The molecule has 1 aromatic rings. The van der Waals surface area contributed by atoms with Gasteiger partial charge in [-0.25, -0.2) is 0 Å². The van der Waals surface area contributed by atoms with Gasteiger partial charge in [0.1, 0.15) is 0 Å². The van der Waals surface area contributed by atoms with Gasteiger partial charge in [-0.1, -0.05) is 30.3 Å². The van der Waals surface area contributed by atoms with Crippen LogP contribution in [0.2, 0.25) is 0 Å². The van der Waals surface area contributed by atoms with E-state index in [1.165, 1.54) is 12.8 Å². The lowest BCUT2D eigenvalue weighted by Crippen LogP contribution is -2.48. The van der Waals surface area contributed by atoms with Crippen molar-refractivity contribution in [2.75, 3.05) is 7.05 Å². The van der Waals surface area contributed by atoms with Crippen molar-refractivity contribution >= 4 is 12.0 Å². The van der Waals surface area contributed by atoms with Crippen molar-refractivity contribution in [3.63, 3.8) is 0 Å². The number of fused-ring (bicyclic) bond motifs is 2. The number of hydrogen-bond donors (Lipinski definition) is 1. The summed E-state index contributed by atoms with van der Waals surface area (Å²) < 4.78 is 0. The largest absolute Gasteiger partial charge is 0.339 e. The number of nitrogens with one attached hydrogen (secondary N) is 1. The molecule has 1 N–H and O–H groups in total. The molecule has 3 nitrogen and oxygen atoms in total. The van der Waals surface area contributed by atoms with Gasteiger partial charge in [-0.2, -0.15) is 0 Å². The number of piperidine rings is 1. The summed E-state index contributed by atoms with van der Waals surface area (Å²) >= 11 is 0. The highest BCUT2D eigenvalue weighted by atomic mass is 16.2. The number of carbonyl (C=O) groups excluding carboxylic acids is 1. The zero-order valence-electron chi connectivity index (χ0n) is 12.0. The summed E-state index contributed by atoms with van der Waals surface area (Å²) in [5.41, 5.74) is 1.07. The number of carbonyl (C=O) groups is 1. The van der Waals surface area contributed by atoms with E-state index in [1.54, 1.807) is 6.08 Å². The summed E-state index contributed by atoms with van der Waals surface area (Å²) in [5, 5.41) is 3.62. The van der Waals surface area contributed by atoms with Gasteiger partial charge in [0.05, 0.1) is 0 Å². The van der Waals surface area contributed by atoms with Crippen LogP contribution in [0.4, 0.5) is 0 Å². The third-order valence-corrected chi connectivity index (χ3v) is 4.56. The molecule has 1 amide bonds. The third kappa shape index (κ3) is 2.93. The third-order valence-electron chi connectivity index (χ3n) is 4.56. The molecule has 3 heteroatoms. The summed E-state index contributed by atoms with van der Waals surface area (Å²) in [7, 11) is 1.94. The molecule has 0 radical (unpaired) electrons. The SMILES string of the molecule is CN(C(=O)C=Cc1ccccc1)C1CC2CCC(C1)N2. The first kappa shape index (κ1) is 13.4. The van der Waals surface area contributed by atoms with E-state index >= 15 is 0 Å². The lowest BCUT2D eigenvalue weighted by atomic mass is 9.98. The summed E-state index contributed by atoms with van der Waals surface area (Å²) in [6.45, 7) is 0. The molecule has 2 bridgehead atoms. The van der Waals surface area contributed by atoms with Crippen LogP contribution >= 0.6 is 0 Å². The standard InChI is InChI=1S/C17H22N2O/c1-19(16-11-14-8-9-15(12-16)18-14)17(20)10-7-13-5-3-2-4-6-13/h2-7,10,14-16,18H,8-9,11-12H2,1H3. The van der Waals surface area contributed by atoms with Gasteiger partial charge in [-0.3, -0.25) is 4.79 Å². The quantitative estimate of drug-likeness (QED) is 0.856. The average Bonchev–Trinajstić information content (AvgIpc) is 2.83. The van der Waals surface area contributed by atoms with E-state index in [9.17, 15) is 4.79 Å². The van der Waals surface area contributed by atoms with Crippen LogP contribution in [0, 0.1) is 0 Å². The molecule has 0 spiro atoms. The minimum atomic E-state index is 0.111. The van der Waals surface area contributed by atoms with Crippen molar-refractivity contribution in [2.45, 2.75) is 43.8 Å². The maximum Gasteiger partial charge on any atom is 0.246 e. The van der Waals surface area contributed by atoms with Crippen molar-refractivity contribution < 1.29 is 4.79 Å². The van der Waals surface area contributed by atoms with Gasteiger partial charge in [-0.05, 0) is 37.3 Å². The monoisotopic (exact) mass is 270 g/mol. The van der Waals surface area contributed by atoms with Crippen LogP contribution < -0.4 is 5.32 Å². The first-order valence-electron chi connectivity index (χ1n) is 7.48. The Balaban J connectivity index is 1.61. The Hall–Kier alpha value is -1.61. The minimum Gasteiger partial charge on any atom is -0.339 e.